The molecule has 0 aromatic heterocycles. The molecule has 3 heteroatoms. The summed E-state index contributed by atoms with van der Waals surface area (Å²) in [4.78, 5) is 11.3. The van der Waals surface area contributed by atoms with E-state index in [9.17, 15) is 4.79 Å². The standard InChI is InChI=1S/C10H18N2O/c1-7(8-2-3-8)11-6-10(13)12-9-4-5-9/h7-9,11H,2-6H2,1H3,(H,12,13). The summed E-state index contributed by atoms with van der Waals surface area (Å²) in [5, 5.41) is 6.23. The van der Waals surface area contributed by atoms with Gasteiger partial charge in [0.2, 0.25) is 5.91 Å². The number of amides is 1. The zero-order valence-corrected chi connectivity index (χ0v) is 8.18. The Morgan fingerprint density at radius 2 is 2.08 bits per heavy atom. The molecule has 2 saturated carbocycles. The first kappa shape index (κ1) is 9.00. The van der Waals surface area contributed by atoms with E-state index in [2.05, 4.69) is 17.6 Å². The van der Waals surface area contributed by atoms with Crippen LogP contribution in [-0.2, 0) is 4.79 Å². The van der Waals surface area contributed by atoms with Crippen molar-refractivity contribution in [3.63, 3.8) is 0 Å². The van der Waals surface area contributed by atoms with Gasteiger partial charge in [-0.25, -0.2) is 0 Å². The van der Waals surface area contributed by atoms with E-state index in [0.29, 0.717) is 18.6 Å². The number of hydrogen-bond acceptors (Lipinski definition) is 2. The fourth-order valence-corrected chi connectivity index (χ4v) is 1.52. The van der Waals surface area contributed by atoms with Gasteiger partial charge in [-0.05, 0) is 38.5 Å². The van der Waals surface area contributed by atoms with Gasteiger partial charge in [0.15, 0.2) is 0 Å². The van der Waals surface area contributed by atoms with Crippen LogP contribution >= 0.6 is 0 Å². The van der Waals surface area contributed by atoms with Crippen molar-refractivity contribution in [3.8, 4) is 0 Å². The quantitative estimate of drug-likeness (QED) is 0.655. The normalized spacial score (nSPS) is 24.1. The number of rotatable bonds is 5. The smallest absolute Gasteiger partial charge is 0.234 e. The van der Waals surface area contributed by atoms with Gasteiger partial charge in [0, 0.05) is 12.1 Å². The summed E-state index contributed by atoms with van der Waals surface area (Å²) in [6.07, 6.45) is 5.00. The van der Waals surface area contributed by atoms with Crippen molar-refractivity contribution in [3.05, 3.63) is 0 Å². The monoisotopic (exact) mass is 182 g/mol. The van der Waals surface area contributed by atoms with Gasteiger partial charge in [-0.2, -0.15) is 0 Å². The summed E-state index contributed by atoms with van der Waals surface area (Å²) in [5.41, 5.74) is 0. The van der Waals surface area contributed by atoms with E-state index in [1.165, 1.54) is 25.7 Å². The molecule has 1 atom stereocenters. The van der Waals surface area contributed by atoms with E-state index in [-0.39, 0.29) is 5.91 Å². The molecule has 0 bridgehead atoms. The van der Waals surface area contributed by atoms with Gasteiger partial charge in [-0.3, -0.25) is 4.79 Å². The summed E-state index contributed by atoms with van der Waals surface area (Å²) in [6, 6.07) is 1.01. The molecule has 2 aliphatic carbocycles. The molecular weight excluding hydrogens is 164 g/mol. The number of nitrogens with one attached hydrogen (secondary N) is 2. The molecule has 0 aliphatic heterocycles. The van der Waals surface area contributed by atoms with E-state index in [4.69, 9.17) is 0 Å². The minimum absolute atomic E-state index is 0.162. The van der Waals surface area contributed by atoms with Crippen molar-refractivity contribution in [2.24, 2.45) is 5.92 Å². The van der Waals surface area contributed by atoms with Crippen LogP contribution in [0, 0.1) is 5.92 Å². The Bertz CT molecular complexity index is 197. The van der Waals surface area contributed by atoms with Gasteiger partial charge in [-0.15, -0.1) is 0 Å². The van der Waals surface area contributed by atoms with E-state index >= 15 is 0 Å². The first-order valence-corrected chi connectivity index (χ1v) is 5.28. The topological polar surface area (TPSA) is 41.1 Å². The molecule has 2 aliphatic rings. The molecule has 2 fully saturated rings. The molecule has 0 radical (unpaired) electrons. The third-order valence-corrected chi connectivity index (χ3v) is 2.86. The van der Waals surface area contributed by atoms with Crippen LogP contribution in [0.15, 0.2) is 0 Å². The minimum atomic E-state index is 0.162. The number of hydrogen-bond donors (Lipinski definition) is 2. The molecule has 0 saturated heterocycles. The van der Waals surface area contributed by atoms with Crippen LogP contribution < -0.4 is 10.6 Å². The Morgan fingerprint density at radius 3 is 2.62 bits per heavy atom. The molecule has 0 aromatic rings. The first-order valence-electron chi connectivity index (χ1n) is 5.28. The fourth-order valence-electron chi connectivity index (χ4n) is 1.52. The van der Waals surface area contributed by atoms with Crippen LogP contribution in [0.4, 0.5) is 0 Å². The number of carbonyl (C=O) groups is 1. The third-order valence-electron chi connectivity index (χ3n) is 2.86. The Kier molecular flexibility index (Phi) is 2.54. The summed E-state index contributed by atoms with van der Waals surface area (Å²) in [6.45, 7) is 2.66. The maximum Gasteiger partial charge on any atom is 0.234 e. The zero-order valence-electron chi connectivity index (χ0n) is 8.18. The van der Waals surface area contributed by atoms with Gasteiger partial charge in [0.05, 0.1) is 6.54 Å². The van der Waals surface area contributed by atoms with Crippen molar-refractivity contribution in [1.82, 2.24) is 10.6 Å². The van der Waals surface area contributed by atoms with Gasteiger partial charge < -0.3 is 10.6 Å². The van der Waals surface area contributed by atoms with Crippen molar-refractivity contribution in [1.29, 1.82) is 0 Å². The lowest BCUT2D eigenvalue weighted by Crippen LogP contribution is -2.39. The molecule has 0 heterocycles. The molecule has 13 heavy (non-hydrogen) atoms. The van der Waals surface area contributed by atoms with Crippen LogP contribution in [0.2, 0.25) is 0 Å². The highest BCUT2D eigenvalue weighted by atomic mass is 16.2. The van der Waals surface area contributed by atoms with Gasteiger partial charge in [-0.1, -0.05) is 0 Å². The Morgan fingerprint density at radius 1 is 1.38 bits per heavy atom. The van der Waals surface area contributed by atoms with Crippen LogP contribution in [-0.4, -0.2) is 24.5 Å². The number of carbonyl (C=O) groups excluding carboxylic acids is 1. The second-order valence-corrected chi connectivity index (χ2v) is 4.35. The molecule has 2 N–H and O–H groups in total. The largest absolute Gasteiger partial charge is 0.352 e. The summed E-state index contributed by atoms with van der Waals surface area (Å²) < 4.78 is 0. The molecule has 74 valence electrons. The van der Waals surface area contributed by atoms with Crippen molar-refractivity contribution in [2.75, 3.05) is 6.54 Å². The lowest BCUT2D eigenvalue weighted by atomic mass is 10.2. The average molecular weight is 182 g/mol. The summed E-state index contributed by atoms with van der Waals surface area (Å²) in [7, 11) is 0. The first-order chi connectivity index (χ1) is 6.25. The van der Waals surface area contributed by atoms with Crippen molar-refractivity contribution < 1.29 is 4.79 Å². The van der Waals surface area contributed by atoms with Gasteiger partial charge in [0.25, 0.3) is 0 Å². The maximum absolute atomic E-state index is 11.3. The van der Waals surface area contributed by atoms with Gasteiger partial charge in [0.1, 0.15) is 0 Å². The molecule has 0 aromatic carbocycles. The SMILES string of the molecule is CC(NCC(=O)NC1CC1)C1CC1. The molecule has 0 spiro atoms. The van der Waals surface area contributed by atoms with E-state index < -0.39 is 0 Å². The highest BCUT2D eigenvalue weighted by Crippen LogP contribution is 2.32. The van der Waals surface area contributed by atoms with Crippen LogP contribution in [0.5, 0.6) is 0 Å². The molecule has 2 rings (SSSR count). The van der Waals surface area contributed by atoms with Crippen LogP contribution in [0.25, 0.3) is 0 Å². The van der Waals surface area contributed by atoms with E-state index in [0.717, 1.165) is 5.92 Å². The van der Waals surface area contributed by atoms with Gasteiger partial charge >= 0.3 is 0 Å². The maximum atomic E-state index is 11.3. The minimum Gasteiger partial charge on any atom is -0.352 e. The van der Waals surface area contributed by atoms with E-state index in [1.54, 1.807) is 0 Å². The predicted octanol–water partition coefficient (Wildman–Crippen LogP) is 0.653. The molecule has 1 unspecified atom stereocenters. The fraction of sp³-hybridized carbons (Fsp3) is 0.900. The van der Waals surface area contributed by atoms with Crippen LogP contribution in [0.1, 0.15) is 32.6 Å². The Hall–Kier alpha value is -0.570. The lowest BCUT2D eigenvalue weighted by Gasteiger charge is -2.11. The average Bonchev–Trinajstić information content (AvgIpc) is 2.90. The third kappa shape index (κ3) is 2.99. The van der Waals surface area contributed by atoms with Crippen molar-refractivity contribution >= 4 is 5.91 Å². The zero-order chi connectivity index (χ0) is 9.26. The second kappa shape index (κ2) is 3.66. The Balaban J connectivity index is 1.57. The molecule has 1 amide bonds. The summed E-state index contributed by atoms with van der Waals surface area (Å²) in [5.74, 6) is 0.990. The highest BCUT2D eigenvalue weighted by molar-refractivity contribution is 5.78. The lowest BCUT2D eigenvalue weighted by molar-refractivity contribution is -0.120. The van der Waals surface area contributed by atoms with Crippen molar-refractivity contribution in [2.45, 2.75) is 44.7 Å². The van der Waals surface area contributed by atoms with Crippen LogP contribution in [0.3, 0.4) is 0 Å². The molecular formula is C10H18N2O. The molecule has 3 nitrogen and oxygen atoms in total. The highest BCUT2D eigenvalue weighted by Gasteiger charge is 2.28. The Labute approximate surface area is 79.3 Å². The predicted molar refractivity (Wildman–Crippen MR) is 51.4 cm³/mol. The second-order valence-electron chi connectivity index (χ2n) is 4.35. The summed E-state index contributed by atoms with van der Waals surface area (Å²) >= 11 is 0. The van der Waals surface area contributed by atoms with E-state index in [1.807, 2.05) is 0 Å².